The van der Waals surface area contributed by atoms with Gasteiger partial charge in [0.25, 0.3) is 0 Å². The number of benzene rings is 2. The number of halogens is 2. The number of aromatic nitrogens is 1. The van der Waals surface area contributed by atoms with E-state index in [-0.39, 0.29) is 0 Å². The van der Waals surface area contributed by atoms with Gasteiger partial charge in [-0.15, -0.1) is 0 Å². The third-order valence-corrected chi connectivity index (χ3v) is 3.78. The van der Waals surface area contributed by atoms with Crippen molar-refractivity contribution in [1.82, 2.24) is 4.57 Å². The van der Waals surface area contributed by atoms with Crippen LogP contribution in [-0.2, 0) is 0 Å². The Bertz CT molecular complexity index is 775. The van der Waals surface area contributed by atoms with Crippen LogP contribution < -0.4 is 0 Å². The Morgan fingerprint density at radius 1 is 1.00 bits per heavy atom. The second-order valence-electron chi connectivity index (χ2n) is 4.52. The van der Waals surface area contributed by atoms with Gasteiger partial charge in [0.05, 0.1) is 17.6 Å². The van der Waals surface area contributed by atoms with E-state index in [9.17, 15) is 0 Å². The molecule has 0 amide bonds. The predicted molar refractivity (Wildman–Crippen MR) is 92.2 cm³/mol. The summed E-state index contributed by atoms with van der Waals surface area (Å²) in [4.78, 5) is 4.48. The molecule has 0 aliphatic heterocycles. The minimum absolute atomic E-state index is 0.714. The first kappa shape index (κ1) is 14.1. The molecule has 1 aromatic heterocycles. The normalized spacial score (nSPS) is 11.1. The highest BCUT2D eigenvalue weighted by molar-refractivity contribution is 9.10. The standard InChI is InChI=1S/C17H12BrClN2/c18-13-3-1-4-16(11-13)21-10-2-5-17(21)12-20-15-8-6-14(19)7-9-15/h1-12H. The van der Waals surface area contributed by atoms with Crippen LogP contribution in [0.3, 0.4) is 0 Å². The molecule has 0 saturated carbocycles. The molecule has 2 nitrogen and oxygen atoms in total. The molecule has 2 aromatic carbocycles. The molecule has 0 radical (unpaired) electrons. The van der Waals surface area contributed by atoms with Gasteiger partial charge in [0.2, 0.25) is 0 Å². The molecule has 4 heteroatoms. The molecule has 0 saturated heterocycles. The van der Waals surface area contributed by atoms with Crippen LogP contribution >= 0.6 is 27.5 Å². The Hall–Kier alpha value is -1.84. The minimum atomic E-state index is 0.714. The first-order chi connectivity index (χ1) is 10.2. The molecular weight excluding hydrogens is 348 g/mol. The molecule has 0 aliphatic rings. The topological polar surface area (TPSA) is 17.3 Å². The quantitative estimate of drug-likeness (QED) is 0.538. The summed E-state index contributed by atoms with van der Waals surface area (Å²) in [6.07, 6.45) is 3.87. The molecule has 0 N–H and O–H groups in total. The molecule has 0 spiro atoms. The van der Waals surface area contributed by atoms with E-state index in [0.717, 1.165) is 21.5 Å². The van der Waals surface area contributed by atoms with Crippen LogP contribution in [0, 0.1) is 0 Å². The molecule has 3 rings (SSSR count). The van der Waals surface area contributed by atoms with Crippen LogP contribution in [0.2, 0.25) is 5.02 Å². The van der Waals surface area contributed by atoms with Crippen molar-refractivity contribution in [2.45, 2.75) is 0 Å². The van der Waals surface area contributed by atoms with E-state index in [2.05, 4.69) is 37.6 Å². The summed E-state index contributed by atoms with van der Waals surface area (Å²) in [5, 5.41) is 0.714. The summed E-state index contributed by atoms with van der Waals surface area (Å²) < 4.78 is 3.14. The Morgan fingerprint density at radius 2 is 1.81 bits per heavy atom. The van der Waals surface area contributed by atoms with Crippen molar-refractivity contribution in [3.8, 4) is 5.69 Å². The maximum atomic E-state index is 5.87. The second-order valence-corrected chi connectivity index (χ2v) is 5.87. The molecule has 104 valence electrons. The lowest BCUT2D eigenvalue weighted by molar-refractivity contribution is 1.07. The fourth-order valence-corrected chi connectivity index (χ4v) is 2.54. The van der Waals surface area contributed by atoms with Crippen molar-refractivity contribution in [2.75, 3.05) is 0 Å². The van der Waals surface area contributed by atoms with Crippen LogP contribution in [0.25, 0.3) is 5.69 Å². The second kappa shape index (κ2) is 6.29. The lowest BCUT2D eigenvalue weighted by atomic mass is 10.3. The number of nitrogens with zero attached hydrogens (tertiary/aromatic N) is 2. The fraction of sp³-hybridized carbons (Fsp3) is 0. The third kappa shape index (κ3) is 3.43. The van der Waals surface area contributed by atoms with Crippen molar-refractivity contribution in [2.24, 2.45) is 4.99 Å². The third-order valence-electron chi connectivity index (χ3n) is 3.04. The van der Waals surface area contributed by atoms with Crippen LogP contribution in [0.15, 0.2) is 76.3 Å². The summed E-state index contributed by atoms with van der Waals surface area (Å²) in [5.74, 6) is 0. The Morgan fingerprint density at radius 3 is 2.57 bits per heavy atom. The van der Waals surface area contributed by atoms with E-state index in [1.807, 2.05) is 60.9 Å². The zero-order valence-electron chi connectivity index (χ0n) is 11.1. The molecule has 1 heterocycles. The molecule has 0 aliphatic carbocycles. The highest BCUT2D eigenvalue weighted by atomic mass is 79.9. The maximum absolute atomic E-state index is 5.87. The minimum Gasteiger partial charge on any atom is -0.316 e. The lowest BCUT2D eigenvalue weighted by Crippen LogP contribution is -1.97. The monoisotopic (exact) mass is 358 g/mol. The van der Waals surface area contributed by atoms with Crippen molar-refractivity contribution in [1.29, 1.82) is 0 Å². The first-order valence-electron chi connectivity index (χ1n) is 6.45. The Balaban J connectivity index is 1.91. The Kier molecular flexibility index (Phi) is 4.23. The highest BCUT2D eigenvalue weighted by Gasteiger charge is 2.01. The summed E-state index contributed by atoms with van der Waals surface area (Å²) in [5.41, 5.74) is 2.98. The van der Waals surface area contributed by atoms with Crippen LogP contribution in [0.1, 0.15) is 5.69 Å². The first-order valence-corrected chi connectivity index (χ1v) is 7.62. The molecule has 0 atom stereocenters. The SMILES string of the molecule is Clc1ccc(N=Cc2cccn2-c2cccc(Br)c2)cc1. The summed E-state index contributed by atoms with van der Waals surface area (Å²) in [6, 6.07) is 19.6. The largest absolute Gasteiger partial charge is 0.316 e. The van der Waals surface area contributed by atoms with Gasteiger partial charge in [0, 0.05) is 21.4 Å². The highest BCUT2D eigenvalue weighted by Crippen LogP contribution is 2.19. The zero-order valence-corrected chi connectivity index (χ0v) is 13.4. The number of hydrogen-bond donors (Lipinski definition) is 0. The maximum Gasteiger partial charge on any atom is 0.0639 e. The van der Waals surface area contributed by atoms with E-state index in [0.29, 0.717) is 5.02 Å². The van der Waals surface area contributed by atoms with E-state index in [1.165, 1.54) is 0 Å². The molecular formula is C17H12BrClN2. The van der Waals surface area contributed by atoms with Crippen molar-refractivity contribution < 1.29 is 0 Å². The average Bonchev–Trinajstić information content (AvgIpc) is 2.95. The van der Waals surface area contributed by atoms with Crippen molar-refractivity contribution >= 4 is 39.4 Å². The summed E-state index contributed by atoms with van der Waals surface area (Å²) in [6.45, 7) is 0. The van der Waals surface area contributed by atoms with Crippen LogP contribution in [0.4, 0.5) is 5.69 Å². The lowest BCUT2D eigenvalue weighted by Gasteiger charge is -2.06. The van der Waals surface area contributed by atoms with Crippen LogP contribution in [-0.4, -0.2) is 10.8 Å². The fourth-order valence-electron chi connectivity index (χ4n) is 2.03. The predicted octanol–water partition coefficient (Wildman–Crippen LogP) is 5.64. The van der Waals surface area contributed by atoms with Gasteiger partial charge in [0.15, 0.2) is 0 Å². The van der Waals surface area contributed by atoms with Gasteiger partial charge < -0.3 is 4.57 Å². The summed E-state index contributed by atoms with van der Waals surface area (Å²) in [7, 11) is 0. The van der Waals surface area contributed by atoms with Crippen molar-refractivity contribution in [3.63, 3.8) is 0 Å². The smallest absolute Gasteiger partial charge is 0.0639 e. The van der Waals surface area contributed by atoms with Gasteiger partial charge in [-0.3, -0.25) is 4.99 Å². The van der Waals surface area contributed by atoms with E-state index >= 15 is 0 Å². The van der Waals surface area contributed by atoms with E-state index < -0.39 is 0 Å². The zero-order chi connectivity index (χ0) is 14.7. The van der Waals surface area contributed by atoms with E-state index in [4.69, 9.17) is 11.6 Å². The van der Waals surface area contributed by atoms with Crippen LogP contribution in [0.5, 0.6) is 0 Å². The van der Waals surface area contributed by atoms with Gasteiger partial charge in [-0.2, -0.15) is 0 Å². The molecule has 0 bridgehead atoms. The average molecular weight is 360 g/mol. The van der Waals surface area contributed by atoms with Gasteiger partial charge >= 0.3 is 0 Å². The number of aliphatic imine (C=N–C) groups is 1. The molecule has 21 heavy (non-hydrogen) atoms. The van der Waals surface area contributed by atoms with E-state index in [1.54, 1.807) is 0 Å². The number of rotatable bonds is 3. The molecule has 0 fully saturated rings. The van der Waals surface area contributed by atoms with Gasteiger partial charge in [-0.25, -0.2) is 0 Å². The summed E-state index contributed by atoms with van der Waals surface area (Å²) >= 11 is 9.37. The van der Waals surface area contributed by atoms with Gasteiger partial charge in [-0.1, -0.05) is 33.6 Å². The number of hydrogen-bond acceptors (Lipinski definition) is 1. The Labute approximate surface area is 136 Å². The van der Waals surface area contributed by atoms with Gasteiger partial charge in [0.1, 0.15) is 0 Å². The van der Waals surface area contributed by atoms with Gasteiger partial charge in [-0.05, 0) is 54.6 Å². The molecule has 3 aromatic rings. The van der Waals surface area contributed by atoms with Crippen molar-refractivity contribution in [3.05, 3.63) is 82.0 Å². The molecule has 0 unspecified atom stereocenters.